The summed E-state index contributed by atoms with van der Waals surface area (Å²) in [6.45, 7) is 0.381. The molecule has 0 heterocycles. The highest BCUT2D eigenvalue weighted by Gasteiger charge is 2.08. The number of rotatable bonds is 4. The molecule has 0 spiro atoms. The van der Waals surface area contributed by atoms with E-state index in [1.165, 1.54) is 19.2 Å². The molecule has 0 aliphatic rings. The standard InChI is InChI=1S/C10H12N2O3/c1-15-10-5-4-9(12(13)14)7-8(10)3-2-6-11/h2-5,7H,6,11H2,1H3. The second-order valence-electron chi connectivity index (χ2n) is 2.82. The number of hydrogen-bond donors (Lipinski definition) is 1. The summed E-state index contributed by atoms with van der Waals surface area (Å²) in [5.41, 5.74) is 5.99. The summed E-state index contributed by atoms with van der Waals surface area (Å²) < 4.78 is 5.06. The van der Waals surface area contributed by atoms with Crippen LogP contribution in [0.5, 0.6) is 5.75 Å². The molecule has 0 aliphatic heterocycles. The van der Waals surface area contributed by atoms with E-state index in [0.29, 0.717) is 17.9 Å². The molecule has 0 unspecified atom stereocenters. The summed E-state index contributed by atoms with van der Waals surface area (Å²) >= 11 is 0. The third-order valence-electron chi connectivity index (χ3n) is 1.86. The van der Waals surface area contributed by atoms with Gasteiger partial charge in [0.2, 0.25) is 0 Å². The van der Waals surface area contributed by atoms with Gasteiger partial charge in [-0.1, -0.05) is 12.2 Å². The predicted molar refractivity (Wildman–Crippen MR) is 57.7 cm³/mol. The molecule has 2 N–H and O–H groups in total. The first kappa shape index (κ1) is 11.2. The number of ether oxygens (including phenoxy) is 1. The largest absolute Gasteiger partial charge is 0.496 e. The van der Waals surface area contributed by atoms with E-state index in [2.05, 4.69) is 0 Å². The van der Waals surface area contributed by atoms with E-state index in [-0.39, 0.29) is 5.69 Å². The maximum atomic E-state index is 10.5. The minimum Gasteiger partial charge on any atom is -0.496 e. The molecule has 5 heteroatoms. The van der Waals surface area contributed by atoms with Crippen molar-refractivity contribution in [3.63, 3.8) is 0 Å². The Hall–Kier alpha value is -1.88. The van der Waals surface area contributed by atoms with Crippen molar-refractivity contribution in [1.29, 1.82) is 0 Å². The molecule has 0 bridgehead atoms. The monoisotopic (exact) mass is 208 g/mol. The number of methoxy groups -OCH3 is 1. The molecular weight excluding hydrogens is 196 g/mol. The van der Waals surface area contributed by atoms with Crippen LogP contribution in [0.4, 0.5) is 5.69 Å². The van der Waals surface area contributed by atoms with Gasteiger partial charge in [-0.15, -0.1) is 0 Å². The Bertz CT molecular complexity index is 388. The first-order chi connectivity index (χ1) is 7.19. The van der Waals surface area contributed by atoms with Gasteiger partial charge in [0.15, 0.2) is 0 Å². The van der Waals surface area contributed by atoms with Crippen LogP contribution < -0.4 is 10.5 Å². The van der Waals surface area contributed by atoms with Gasteiger partial charge in [0.1, 0.15) is 5.75 Å². The molecule has 0 radical (unpaired) electrons. The van der Waals surface area contributed by atoms with Crippen molar-refractivity contribution in [2.24, 2.45) is 5.73 Å². The van der Waals surface area contributed by atoms with Gasteiger partial charge in [0.05, 0.1) is 12.0 Å². The number of nitro benzene ring substituents is 1. The van der Waals surface area contributed by atoms with E-state index in [1.54, 1.807) is 18.2 Å². The Morgan fingerprint density at radius 1 is 1.60 bits per heavy atom. The second-order valence-corrected chi connectivity index (χ2v) is 2.82. The zero-order valence-corrected chi connectivity index (χ0v) is 8.34. The number of benzene rings is 1. The molecule has 0 aliphatic carbocycles. The van der Waals surface area contributed by atoms with Crippen LogP contribution >= 0.6 is 0 Å². The van der Waals surface area contributed by atoms with Crippen LogP contribution in [0.15, 0.2) is 24.3 Å². The van der Waals surface area contributed by atoms with Gasteiger partial charge in [-0.05, 0) is 6.07 Å². The molecule has 0 fully saturated rings. The maximum Gasteiger partial charge on any atom is 0.270 e. The summed E-state index contributed by atoms with van der Waals surface area (Å²) in [5.74, 6) is 0.588. The maximum absolute atomic E-state index is 10.5. The molecule has 1 aromatic carbocycles. The molecule has 1 aromatic rings. The Kier molecular flexibility index (Phi) is 3.82. The fourth-order valence-corrected chi connectivity index (χ4v) is 1.16. The van der Waals surface area contributed by atoms with Crippen LogP contribution in [0.3, 0.4) is 0 Å². The molecule has 80 valence electrons. The summed E-state index contributed by atoms with van der Waals surface area (Å²) in [6, 6.07) is 4.41. The number of hydrogen-bond acceptors (Lipinski definition) is 4. The lowest BCUT2D eigenvalue weighted by atomic mass is 10.1. The van der Waals surface area contributed by atoms with Crippen molar-refractivity contribution >= 4 is 11.8 Å². The smallest absolute Gasteiger partial charge is 0.270 e. The van der Waals surface area contributed by atoms with Gasteiger partial charge < -0.3 is 10.5 Å². The fraction of sp³-hybridized carbons (Fsp3) is 0.200. The lowest BCUT2D eigenvalue weighted by Gasteiger charge is -2.03. The number of nitrogens with zero attached hydrogens (tertiary/aromatic N) is 1. The number of nitrogens with two attached hydrogens (primary N) is 1. The van der Waals surface area contributed by atoms with Crippen LogP contribution in [0.1, 0.15) is 5.56 Å². The molecule has 0 atom stereocenters. The lowest BCUT2D eigenvalue weighted by molar-refractivity contribution is -0.384. The van der Waals surface area contributed by atoms with E-state index >= 15 is 0 Å². The van der Waals surface area contributed by atoms with Crippen LogP contribution in [-0.2, 0) is 0 Å². The molecule has 15 heavy (non-hydrogen) atoms. The van der Waals surface area contributed by atoms with Crippen LogP contribution in [-0.4, -0.2) is 18.6 Å². The highest BCUT2D eigenvalue weighted by molar-refractivity contribution is 5.61. The summed E-state index contributed by atoms with van der Waals surface area (Å²) in [7, 11) is 1.51. The normalized spacial score (nSPS) is 10.5. The number of non-ortho nitro benzene ring substituents is 1. The van der Waals surface area contributed by atoms with Gasteiger partial charge in [0.25, 0.3) is 5.69 Å². The second kappa shape index (κ2) is 5.11. The van der Waals surface area contributed by atoms with Gasteiger partial charge in [-0.2, -0.15) is 0 Å². The lowest BCUT2D eigenvalue weighted by Crippen LogP contribution is -1.94. The van der Waals surface area contributed by atoms with E-state index < -0.39 is 4.92 Å². The van der Waals surface area contributed by atoms with Crippen molar-refractivity contribution in [3.8, 4) is 5.75 Å². The van der Waals surface area contributed by atoms with Crippen LogP contribution in [0, 0.1) is 10.1 Å². The molecule has 0 amide bonds. The van der Waals surface area contributed by atoms with E-state index in [1.807, 2.05) is 0 Å². The summed E-state index contributed by atoms with van der Waals surface area (Å²) in [4.78, 5) is 10.1. The van der Waals surface area contributed by atoms with Gasteiger partial charge >= 0.3 is 0 Å². The Morgan fingerprint density at radius 2 is 2.33 bits per heavy atom. The third kappa shape index (κ3) is 2.78. The SMILES string of the molecule is COc1ccc([N+](=O)[O-])cc1C=CCN. The summed E-state index contributed by atoms with van der Waals surface area (Å²) in [5, 5.41) is 10.5. The van der Waals surface area contributed by atoms with Gasteiger partial charge in [0, 0.05) is 24.2 Å². The fourth-order valence-electron chi connectivity index (χ4n) is 1.16. The van der Waals surface area contributed by atoms with E-state index in [9.17, 15) is 10.1 Å². The minimum atomic E-state index is -0.445. The predicted octanol–water partition coefficient (Wildman–Crippen LogP) is 1.58. The van der Waals surface area contributed by atoms with Gasteiger partial charge in [-0.25, -0.2) is 0 Å². The Balaban J connectivity index is 3.13. The Morgan fingerprint density at radius 3 is 2.87 bits per heavy atom. The van der Waals surface area contributed by atoms with Crippen molar-refractivity contribution in [2.45, 2.75) is 0 Å². The van der Waals surface area contributed by atoms with Crippen molar-refractivity contribution in [3.05, 3.63) is 40.0 Å². The molecule has 0 aromatic heterocycles. The van der Waals surface area contributed by atoms with Crippen molar-refractivity contribution in [1.82, 2.24) is 0 Å². The highest BCUT2D eigenvalue weighted by Crippen LogP contribution is 2.24. The van der Waals surface area contributed by atoms with E-state index in [4.69, 9.17) is 10.5 Å². The van der Waals surface area contributed by atoms with Crippen molar-refractivity contribution in [2.75, 3.05) is 13.7 Å². The highest BCUT2D eigenvalue weighted by atomic mass is 16.6. The first-order valence-corrected chi connectivity index (χ1v) is 4.38. The molecule has 0 saturated heterocycles. The average molecular weight is 208 g/mol. The third-order valence-corrected chi connectivity index (χ3v) is 1.86. The van der Waals surface area contributed by atoms with Crippen LogP contribution in [0.25, 0.3) is 6.08 Å². The summed E-state index contributed by atoms with van der Waals surface area (Å²) in [6.07, 6.45) is 3.41. The Labute approximate surface area is 87.3 Å². The average Bonchev–Trinajstić information content (AvgIpc) is 2.25. The molecular formula is C10H12N2O3. The van der Waals surface area contributed by atoms with Gasteiger partial charge in [-0.3, -0.25) is 10.1 Å². The molecule has 5 nitrogen and oxygen atoms in total. The zero-order chi connectivity index (χ0) is 11.3. The first-order valence-electron chi connectivity index (χ1n) is 4.38. The number of nitro groups is 1. The zero-order valence-electron chi connectivity index (χ0n) is 8.34. The quantitative estimate of drug-likeness (QED) is 0.601. The van der Waals surface area contributed by atoms with Crippen molar-refractivity contribution < 1.29 is 9.66 Å². The van der Waals surface area contributed by atoms with Crippen LogP contribution in [0.2, 0.25) is 0 Å². The minimum absolute atomic E-state index is 0.0347. The molecule has 0 saturated carbocycles. The topological polar surface area (TPSA) is 78.4 Å². The van der Waals surface area contributed by atoms with E-state index in [0.717, 1.165) is 0 Å². The molecule has 1 rings (SSSR count).